The summed E-state index contributed by atoms with van der Waals surface area (Å²) < 4.78 is 2.61. The predicted octanol–water partition coefficient (Wildman–Crippen LogP) is 4.02. The summed E-state index contributed by atoms with van der Waals surface area (Å²) in [5, 5.41) is 0.826. The lowest BCUT2D eigenvalue weighted by molar-refractivity contribution is 0.102. The molecule has 0 spiro atoms. The van der Waals surface area contributed by atoms with E-state index in [0.29, 0.717) is 15.0 Å². The van der Waals surface area contributed by atoms with Crippen LogP contribution in [0.2, 0.25) is 4.34 Å². The number of thioether (sulfide) groups is 1. The third-order valence-electron chi connectivity index (χ3n) is 2.59. The van der Waals surface area contributed by atoms with Crippen LogP contribution < -0.4 is 0 Å². The molecular weight excluding hydrogens is 300 g/mol. The van der Waals surface area contributed by atoms with Gasteiger partial charge in [-0.3, -0.25) is 9.20 Å². The van der Waals surface area contributed by atoms with E-state index in [1.165, 1.54) is 23.1 Å². The quantitative estimate of drug-likeness (QED) is 0.539. The van der Waals surface area contributed by atoms with Crippen LogP contribution in [0, 0.1) is 0 Å². The molecule has 6 heteroatoms. The fraction of sp³-hybridized carbons (Fsp3) is 0.0769. The van der Waals surface area contributed by atoms with E-state index >= 15 is 0 Å². The normalized spacial score (nSPS) is 11.0. The SMILES string of the molecule is O=C(CSc1ncc2ccccn12)c1ccc(Cl)s1. The second kappa shape index (κ2) is 5.36. The van der Waals surface area contributed by atoms with E-state index in [-0.39, 0.29) is 5.78 Å². The zero-order chi connectivity index (χ0) is 13.2. The summed E-state index contributed by atoms with van der Waals surface area (Å²) in [6.07, 6.45) is 3.74. The average molecular weight is 309 g/mol. The van der Waals surface area contributed by atoms with E-state index in [2.05, 4.69) is 4.98 Å². The molecule has 0 N–H and O–H groups in total. The molecule has 3 rings (SSSR count). The number of ketones is 1. The summed E-state index contributed by atoms with van der Waals surface area (Å²) in [6.45, 7) is 0. The number of aromatic nitrogens is 2. The van der Waals surface area contributed by atoms with Gasteiger partial charge >= 0.3 is 0 Å². The molecule has 0 saturated carbocycles. The number of carbonyl (C=O) groups excluding carboxylic acids is 1. The van der Waals surface area contributed by atoms with E-state index in [1.807, 2.05) is 28.8 Å². The molecule has 0 aromatic carbocycles. The van der Waals surface area contributed by atoms with Crippen molar-refractivity contribution in [1.82, 2.24) is 9.38 Å². The van der Waals surface area contributed by atoms with Crippen molar-refractivity contribution in [2.24, 2.45) is 0 Å². The molecule has 0 aliphatic heterocycles. The van der Waals surface area contributed by atoms with E-state index in [9.17, 15) is 4.79 Å². The van der Waals surface area contributed by atoms with Crippen molar-refractivity contribution < 1.29 is 4.79 Å². The van der Waals surface area contributed by atoms with Gasteiger partial charge in [0.2, 0.25) is 0 Å². The van der Waals surface area contributed by atoms with E-state index in [1.54, 1.807) is 18.3 Å². The Morgan fingerprint density at radius 3 is 3.05 bits per heavy atom. The van der Waals surface area contributed by atoms with Crippen LogP contribution in [0.25, 0.3) is 5.52 Å². The molecule has 3 aromatic rings. The van der Waals surface area contributed by atoms with Gasteiger partial charge in [0, 0.05) is 6.20 Å². The van der Waals surface area contributed by atoms with Gasteiger partial charge in [0.25, 0.3) is 0 Å². The number of thiophene rings is 1. The molecular formula is C13H9ClN2OS2. The number of carbonyl (C=O) groups is 1. The third kappa shape index (κ3) is 2.68. The molecule has 96 valence electrons. The number of hydrogen-bond acceptors (Lipinski definition) is 4. The van der Waals surface area contributed by atoms with Crippen molar-refractivity contribution in [3.8, 4) is 0 Å². The summed E-state index contributed by atoms with van der Waals surface area (Å²) in [5.41, 5.74) is 1.02. The maximum Gasteiger partial charge on any atom is 0.183 e. The molecule has 0 unspecified atom stereocenters. The minimum absolute atomic E-state index is 0.0783. The maximum absolute atomic E-state index is 12.0. The van der Waals surface area contributed by atoms with Gasteiger partial charge in [0.1, 0.15) is 0 Å². The molecule has 0 radical (unpaired) electrons. The van der Waals surface area contributed by atoms with Gasteiger partial charge in [-0.05, 0) is 24.3 Å². The van der Waals surface area contributed by atoms with Crippen LogP contribution in [0.15, 0.2) is 47.9 Å². The first-order valence-corrected chi connectivity index (χ1v) is 7.75. The number of rotatable bonds is 4. The highest BCUT2D eigenvalue weighted by molar-refractivity contribution is 7.99. The highest BCUT2D eigenvalue weighted by Gasteiger charge is 2.11. The Morgan fingerprint density at radius 1 is 1.37 bits per heavy atom. The van der Waals surface area contributed by atoms with Crippen LogP contribution in [0.3, 0.4) is 0 Å². The van der Waals surface area contributed by atoms with Gasteiger partial charge in [0.05, 0.1) is 26.7 Å². The zero-order valence-corrected chi connectivity index (χ0v) is 12.1. The fourth-order valence-electron chi connectivity index (χ4n) is 1.69. The lowest BCUT2D eigenvalue weighted by Gasteiger charge is -1.99. The van der Waals surface area contributed by atoms with Gasteiger partial charge in [-0.1, -0.05) is 29.4 Å². The summed E-state index contributed by atoms with van der Waals surface area (Å²) in [4.78, 5) is 17.0. The molecule has 19 heavy (non-hydrogen) atoms. The van der Waals surface area contributed by atoms with Gasteiger partial charge in [-0.2, -0.15) is 0 Å². The van der Waals surface area contributed by atoms with Crippen LogP contribution in [-0.4, -0.2) is 20.9 Å². The Balaban J connectivity index is 1.74. The number of Topliss-reactive ketones (excluding diaryl/α,β-unsaturated/α-hetero) is 1. The van der Waals surface area contributed by atoms with Gasteiger partial charge in [-0.25, -0.2) is 4.98 Å². The Morgan fingerprint density at radius 2 is 2.26 bits per heavy atom. The molecule has 3 heterocycles. The number of hydrogen-bond donors (Lipinski definition) is 0. The standard InChI is InChI=1S/C13H9ClN2OS2/c14-12-5-4-11(19-12)10(17)8-18-13-15-7-9-3-1-2-6-16(9)13/h1-7H,8H2. The monoisotopic (exact) mass is 308 g/mol. The van der Waals surface area contributed by atoms with Crippen molar-refractivity contribution in [2.45, 2.75) is 5.16 Å². The first-order valence-electron chi connectivity index (χ1n) is 5.57. The summed E-state index contributed by atoms with van der Waals surface area (Å²) in [6, 6.07) is 9.40. The van der Waals surface area contributed by atoms with E-state index < -0.39 is 0 Å². The van der Waals surface area contributed by atoms with Crippen molar-refractivity contribution in [3.05, 3.63) is 51.9 Å². The molecule has 0 saturated heterocycles. The van der Waals surface area contributed by atoms with Crippen LogP contribution in [-0.2, 0) is 0 Å². The second-order valence-electron chi connectivity index (χ2n) is 3.85. The number of fused-ring (bicyclic) bond motifs is 1. The smallest absolute Gasteiger partial charge is 0.183 e. The Labute approximate surface area is 123 Å². The van der Waals surface area contributed by atoms with Gasteiger partial charge in [0.15, 0.2) is 10.9 Å². The Bertz CT molecular complexity index is 735. The summed E-state index contributed by atoms with van der Waals surface area (Å²) in [5.74, 6) is 0.444. The number of halogens is 1. The largest absolute Gasteiger partial charge is 0.295 e. The highest BCUT2D eigenvalue weighted by atomic mass is 35.5. The van der Waals surface area contributed by atoms with Crippen LogP contribution >= 0.6 is 34.7 Å². The van der Waals surface area contributed by atoms with Crippen LogP contribution in [0.4, 0.5) is 0 Å². The summed E-state index contributed by atoms with van der Waals surface area (Å²) >= 11 is 8.57. The molecule has 3 nitrogen and oxygen atoms in total. The third-order valence-corrected chi connectivity index (χ3v) is 4.82. The lowest BCUT2D eigenvalue weighted by atomic mass is 10.4. The van der Waals surface area contributed by atoms with E-state index in [4.69, 9.17) is 11.6 Å². The molecule has 0 bridgehead atoms. The molecule has 0 atom stereocenters. The minimum atomic E-state index is 0.0783. The first kappa shape index (κ1) is 12.7. The Kier molecular flexibility index (Phi) is 3.59. The van der Waals surface area contributed by atoms with Crippen molar-refractivity contribution in [3.63, 3.8) is 0 Å². The van der Waals surface area contributed by atoms with Crippen molar-refractivity contribution >= 4 is 46.0 Å². The molecule has 0 fully saturated rings. The number of nitrogens with zero attached hydrogens (tertiary/aromatic N) is 2. The van der Waals surface area contributed by atoms with Gasteiger partial charge in [-0.15, -0.1) is 11.3 Å². The topological polar surface area (TPSA) is 34.4 Å². The predicted molar refractivity (Wildman–Crippen MR) is 79.6 cm³/mol. The van der Waals surface area contributed by atoms with Crippen LogP contribution in [0.1, 0.15) is 9.67 Å². The second-order valence-corrected chi connectivity index (χ2v) is 6.51. The molecule has 0 amide bonds. The molecule has 0 aliphatic carbocycles. The van der Waals surface area contributed by atoms with Crippen molar-refractivity contribution in [2.75, 3.05) is 5.75 Å². The molecule has 0 aliphatic rings. The average Bonchev–Trinajstić information content (AvgIpc) is 3.02. The number of pyridine rings is 1. The number of imidazole rings is 1. The fourth-order valence-corrected chi connectivity index (χ4v) is 3.61. The zero-order valence-electron chi connectivity index (χ0n) is 9.75. The minimum Gasteiger partial charge on any atom is -0.295 e. The van der Waals surface area contributed by atoms with Crippen LogP contribution in [0.5, 0.6) is 0 Å². The van der Waals surface area contributed by atoms with E-state index in [0.717, 1.165) is 10.7 Å². The summed E-state index contributed by atoms with van der Waals surface area (Å²) in [7, 11) is 0. The first-order chi connectivity index (χ1) is 9.24. The lowest BCUT2D eigenvalue weighted by Crippen LogP contribution is -2.00. The highest BCUT2D eigenvalue weighted by Crippen LogP contribution is 2.25. The maximum atomic E-state index is 12.0. The Hall–Kier alpha value is -1.30. The molecule has 3 aromatic heterocycles. The van der Waals surface area contributed by atoms with Gasteiger partial charge < -0.3 is 0 Å². The van der Waals surface area contributed by atoms with Crippen molar-refractivity contribution in [1.29, 1.82) is 0 Å².